The van der Waals surface area contributed by atoms with Crippen LogP contribution < -0.4 is 0 Å². The van der Waals surface area contributed by atoms with Gasteiger partial charge in [0.25, 0.3) is 0 Å². The van der Waals surface area contributed by atoms with Gasteiger partial charge in [-0.25, -0.2) is 9.13 Å². The maximum Gasteiger partial charge on any atom is 0.472 e. The van der Waals surface area contributed by atoms with Crippen molar-refractivity contribution >= 4 is 39.5 Å². The average molecular weight is 1610 g/mol. The van der Waals surface area contributed by atoms with Gasteiger partial charge in [0.1, 0.15) is 19.3 Å². The Bertz CT molecular complexity index is 2130. The van der Waals surface area contributed by atoms with E-state index in [1.54, 1.807) is 0 Å². The lowest BCUT2D eigenvalue weighted by atomic mass is 9.99. The Hall–Kier alpha value is -1.94. The van der Waals surface area contributed by atoms with Crippen LogP contribution in [0.3, 0.4) is 0 Å². The van der Waals surface area contributed by atoms with Gasteiger partial charge < -0.3 is 33.8 Å². The van der Waals surface area contributed by atoms with E-state index < -0.39 is 97.5 Å². The van der Waals surface area contributed by atoms with Crippen LogP contribution in [-0.4, -0.2) is 96.7 Å². The number of carbonyl (C=O) groups excluding carboxylic acids is 4. The number of rotatable bonds is 88. The van der Waals surface area contributed by atoms with Gasteiger partial charge in [-0.3, -0.25) is 37.3 Å². The number of esters is 4. The van der Waals surface area contributed by atoms with Gasteiger partial charge in [-0.15, -0.1) is 0 Å². The number of aliphatic hydroxyl groups excluding tert-OH is 1. The van der Waals surface area contributed by atoms with Crippen LogP contribution >= 0.6 is 15.6 Å². The minimum atomic E-state index is -4.97. The number of aliphatic hydroxyl groups is 1. The second kappa shape index (κ2) is 79.5. The molecule has 0 rings (SSSR count). The molecule has 7 atom stereocenters. The Morgan fingerprint density at radius 3 is 0.645 bits per heavy atom. The Morgan fingerprint density at radius 1 is 0.255 bits per heavy atom. The van der Waals surface area contributed by atoms with E-state index in [1.165, 1.54) is 276 Å². The van der Waals surface area contributed by atoms with Crippen LogP contribution in [0.1, 0.15) is 479 Å². The number of hydrogen-bond donors (Lipinski definition) is 3. The fraction of sp³-hybridized carbons (Fsp3) is 0.956. The van der Waals surface area contributed by atoms with Gasteiger partial charge in [0.15, 0.2) is 12.2 Å². The highest BCUT2D eigenvalue weighted by atomic mass is 31.2. The summed E-state index contributed by atoms with van der Waals surface area (Å²) in [6.45, 7) is 14.4. The molecule has 4 unspecified atom stereocenters. The molecule has 0 saturated heterocycles. The van der Waals surface area contributed by atoms with Crippen LogP contribution in [0.4, 0.5) is 0 Å². The number of unbranched alkanes of at least 4 members (excludes halogenated alkanes) is 52. The standard InChI is InChI=1S/C91H178O17P2/c1-9-83(7)69-61-53-45-39-33-27-20-16-12-14-18-22-30-36-42-48-57-65-73-90(95)107-86(77-101-88(93)71-63-55-46-40-34-28-24-23-26-32-38-44-52-60-68-82(5)6)79-105-109(97,98)103-75-85(92)76-104-110(99,100)106-80-87(78-102-89(94)72-64-56-50-49-54-62-70-84(8)10-2)108-91(96)74-66-58-47-41-35-29-21-17-13-11-15-19-25-31-37-43-51-59-67-81(3)4/h81-87,92H,9-80H2,1-8H3,(H,97,98)(H,99,100)/t83?,84?,85-,86-,87-/m1/s1. The molecule has 0 radical (unpaired) electrons. The van der Waals surface area contributed by atoms with Crippen molar-refractivity contribution in [2.24, 2.45) is 23.7 Å². The Balaban J connectivity index is 5.21. The normalized spacial score (nSPS) is 14.3. The lowest BCUT2D eigenvalue weighted by molar-refractivity contribution is -0.161. The van der Waals surface area contributed by atoms with Crippen molar-refractivity contribution in [1.29, 1.82) is 0 Å². The van der Waals surface area contributed by atoms with E-state index in [0.717, 1.165) is 120 Å². The largest absolute Gasteiger partial charge is 0.472 e. The van der Waals surface area contributed by atoms with Crippen molar-refractivity contribution in [3.05, 3.63) is 0 Å². The summed E-state index contributed by atoms with van der Waals surface area (Å²) in [5.41, 5.74) is 0. The Morgan fingerprint density at radius 2 is 0.436 bits per heavy atom. The van der Waals surface area contributed by atoms with E-state index in [1.807, 2.05) is 0 Å². The second-order valence-corrected chi connectivity index (χ2v) is 37.0. The molecule has 3 N–H and O–H groups in total. The number of hydrogen-bond acceptors (Lipinski definition) is 15. The maximum atomic E-state index is 13.2. The molecule has 654 valence electrons. The van der Waals surface area contributed by atoms with Crippen LogP contribution in [-0.2, 0) is 65.4 Å². The van der Waals surface area contributed by atoms with Gasteiger partial charge in [-0.1, -0.05) is 428 Å². The zero-order valence-electron chi connectivity index (χ0n) is 72.9. The SMILES string of the molecule is CCC(C)CCCCCCCCCCCCCCCCCCCCC(=O)O[C@H](COC(=O)CCCCCCCCCCCCCCCCC(C)C)COP(=O)(O)OC[C@@H](O)COP(=O)(O)OC[C@@H](COC(=O)CCCCCCCCC(C)CC)OC(=O)CCCCCCCCCCCCCCCCCCCCC(C)C. The molecule has 0 aliphatic heterocycles. The highest BCUT2D eigenvalue weighted by Crippen LogP contribution is 2.45. The summed E-state index contributed by atoms with van der Waals surface area (Å²) in [4.78, 5) is 73.4. The van der Waals surface area contributed by atoms with Crippen molar-refractivity contribution in [2.45, 2.75) is 497 Å². The fourth-order valence-electron chi connectivity index (χ4n) is 14.1. The number of phosphoric ester groups is 2. The molecular formula is C91H178O17P2. The third-order valence-corrected chi connectivity index (χ3v) is 23.9. The number of phosphoric acid groups is 2. The van der Waals surface area contributed by atoms with Gasteiger partial charge in [-0.05, 0) is 49.4 Å². The summed E-state index contributed by atoms with van der Waals surface area (Å²) in [5, 5.41) is 10.7. The van der Waals surface area contributed by atoms with Crippen LogP contribution in [0.5, 0.6) is 0 Å². The molecule has 19 heteroatoms. The quantitative estimate of drug-likeness (QED) is 0.0222. The highest BCUT2D eigenvalue weighted by Gasteiger charge is 2.31. The lowest BCUT2D eigenvalue weighted by Crippen LogP contribution is -2.30. The Kier molecular flexibility index (Phi) is 78.1. The zero-order chi connectivity index (χ0) is 80.9. The molecule has 0 bridgehead atoms. The van der Waals surface area contributed by atoms with E-state index in [-0.39, 0.29) is 25.7 Å². The van der Waals surface area contributed by atoms with Gasteiger partial charge in [0.2, 0.25) is 0 Å². The summed E-state index contributed by atoms with van der Waals surface area (Å²) in [7, 11) is -9.94. The summed E-state index contributed by atoms with van der Waals surface area (Å²) in [6.07, 6.45) is 70.9. The first-order valence-electron chi connectivity index (χ1n) is 46.8. The summed E-state index contributed by atoms with van der Waals surface area (Å²) < 4.78 is 69.0. The van der Waals surface area contributed by atoms with Crippen LogP contribution in [0.2, 0.25) is 0 Å². The predicted molar refractivity (Wildman–Crippen MR) is 455 cm³/mol. The van der Waals surface area contributed by atoms with Crippen molar-refractivity contribution in [3.63, 3.8) is 0 Å². The number of carbonyl (C=O) groups is 4. The molecule has 0 heterocycles. The predicted octanol–water partition coefficient (Wildman–Crippen LogP) is 27.9. The van der Waals surface area contributed by atoms with Crippen LogP contribution in [0.25, 0.3) is 0 Å². The third kappa shape index (κ3) is 81.2. The van der Waals surface area contributed by atoms with Gasteiger partial charge in [-0.2, -0.15) is 0 Å². The molecule has 0 saturated carbocycles. The third-order valence-electron chi connectivity index (χ3n) is 22.0. The summed E-state index contributed by atoms with van der Waals surface area (Å²) in [6, 6.07) is 0. The monoisotopic (exact) mass is 1610 g/mol. The average Bonchev–Trinajstić information content (AvgIpc) is 0.837. The molecule has 0 aromatic carbocycles. The van der Waals surface area contributed by atoms with E-state index >= 15 is 0 Å². The van der Waals surface area contributed by atoms with Crippen molar-refractivity contribution < 1.29 is 80.2 Å². The maximum absolute atomic E-state index is 13.2. The first-order valence-corrected chi connectivity index (χ1v) is 49.8. The minimum absolute atomic E-state index is 0.107. The highest BCUT2D eigenvalue weighted by molar-refractivity contribution is 7.47. The molecule has 0 aliphatic rings. The molecule has 0 amide bonds. The van der Waals surface area contributed by atoms with Crippen LogP contribution in [0.15, 0.2) is 0 Å². The molecule has 0 aromatic heterocycles. The van der Waals surface area contributed by atoms with E-state index in [0.29, 0.717) is 25.7 Å². The molecule has 110 heavy (non-hydrogen) atoms. The van der Waals surface area contributed by atoms with E-state index in [2.05, 4.69) is 55.4 Å². The van der Waals surface area contributed by atoms with E-state index in [4.69, 9.17) is 37.0 Å². The molecule has 0 fully saturated rings. The first-order chi connectivity index (χ1) is 53.2. The molecule has 0 aromatic rings. The molecule has 0 spiro atoms. The van der Waals surface area contributed by atoms with Crippen molar-refractivity contribution in [2.75, 3.05) is 39.6 Å². The molecular weight excluding hydrogens is 1430 g/mol. The van der Waals surface area contributed by atoms with Crippen molar-refractivity contribution in [3.8, 4) is 0 Å². The number of ether oxygens (including phenoxy) is 4. The fourth-order valence-corrected chi connectivity index (χ4v) is 15.7. The first kappa shape index (κ1) is 108. The summed E-state index contributed by atoms with van der Waals surface area (Å²) in [5.74, 6) is 1.12. The van der Waals surface area contributed by atoms with Crippen molar-refractivity contribution in [1.82, 2.24) is 0 Å². The summed E-state index contributed by atoms with van der Waals surface area (Å²) >= 11 is 0. The van der Waals surface area contributed by atoms with Crippen LogP contribution in [0, 0.1) is 23.7 Å². The second-order valence-electron chi connectivity index (χ2n) is 34.1. The molecule has 0 aliphatic carbocycles. The van der Waals surface area contributed by atoms with Gasteiger partial charge >= 0.3 is 39.5 Å². The minimum Gasteiger partial charge on any atom is -0.462 e. The Labute approximate surface area is 677 Å². The van der Waals surface area contributed by atoms with Gasteiger partial charge in [0, 0.05) is 25.7 Å². The smallest absolute Gasteiger partial charge is 0.462 e. The van der Waals surface area contributed by atoms with Gasteiger partial charge in [0.05, 0.1) is 26.4 Å². The topological polar surface area (TPSA) is 237 Å². The van der Waals surface area contributed by atoms with E-state index in [9.17, 15) is 43.2 Å². The lowest BCUT2D eigenvalue weighted by Gasteiger charge is -2.21. The zero-order valence-corrected chi connectivity index (χ0v) is 74.7. The molecule has 17 nitrogen and oxygen atoms in total.